The Morgan fingerprint density at radius 2 is 1.50 bits per heavy atom. The molecule has 1 nitrogen and oxygen atoms in total. The summed E-state index contributed by atoms with van der Waals surface area (Å²) in [6.07, 6.45) is 0.471. The monoisotopic (exact) mass is 192 g/mol. The Labute approximate surface area is 86.8 Å². The minimum Gasteiger partial charge on any atom is -0.388 e. The first-order valence-electron chi connectivity index (χ1n) is 5.24. The summed E-state index contributed by atoms with van der Waals surface area (Å²) in [6, 6.07) is 2.19. The Morgan fingerprint density at radius 1 is 1.07 bits per heavy atom. The number of aliphatic hydroxyl groups excluding tert-OH is 1. The number of hydrogen-bond donors (Lipinski definition) is 1. The molecule has 14 heavy (non-hydrogen) atoms. The molecule has 78 valence electrons. The molecule has 0 spiro atoms. The highest BCUT2D eigenvalue weighted by molar-refractivity contribution is 5.45. The summed E-state index contributed by atoms with van der Waals surface area (Å²) >= 11 is 0. The molecule has 0 fully saturated rings. The molecule has 0 heterocycles. The number of aliphatic hydroxyl groups is 1. The first kappa shape index (κ1) is 11.3. The third-order valence-electron chi connectivity index (χ3n) is 3.14. The van der Waals surface area contributed by atoms with Crippen molar-refractivity contribution in [3.05, 3.63) is 33.9 Å². The van der Waals surface area contributed by atoms with Crippen molar-refractivity contribution in [1.82, 2.24) is 0 Å². The average molecular weight is 192 g/mol. The molecule has 1 atom stereocenters. The van der Waals surface area contributed by atoms with Crippen LogP contribution in [0.1, 0.15) is 47.3 Å². The minimum atomic E-state index is -0.311. The fourth-order valence-corrected chi connectivity index (χ4v) is 1.95. The van der Waals surface area contributed by atoms with Gasteiger partial charge in [0.1, 0.15) is 0 Å². The van der Waals surface area contributed by atoms with Crippen LogP contribution >= 0.6 is 0 Å². The Bertz CT molecular complexity index is 313. The quantitative estimate of drug-likeness (QED) is 0.761. The van der Waals surface area contributed by atoms with Crippen LogP contribution < -0.4 is 0 Å². The van der Waals surface area contributed by atoms with Crippen LogP contribution in [-0.4, -0.2) is 5.11 Å². The Morgan fingerprint density at radius 3 is 1.86 bits per heavy atom. The molecule has 0 aliphatic carbocycles. The zero-order valence-electron chi connectivity index (χ0n) is 9.81. The first-order valence-corrected chi connectivity index (χ1v) is 5.24. The minimum absolute atomic E-state index is 0.311. The highest BCUT2D eigenvalue weighted by Crippen LogP contribution is 2.28. The Kier molecular flexibility index (Phi) is 3.33. The van der Waals surface area contributed by atoms with E-state index >= 15 is 0 Å². The van der Waals surface area contributed by atoms with Crippen LogP contribution in [0.3, 0.4) is 0 Å². The summed E-state index contributed by atoms with van der Waals surface area (Å²) in [4.78, 5) is 0. The second kappa shape index (κ2) is 4.14. The summed E-state index contributed by atoms with van der Waals surface area (Å²) in [6.45, 7) is 10.4. The van der Waals surface area contributed by atoms with Gasteiger partial charge in [0.05, 0.1) is 6.10 Å². The van der Waals surface area contributed by atoms with Gasteiger partial charge in [-0.1, -0.05) is 13.0 Å². The maximum Gasteiger partial charge on any atom is 0.0792 e. The smallest absolute Gasteiger partial charge is 0.0792 e. The lowest BCUT2D eigenvalue weighted by atomic mass is 9.90. The van der Waals surface area contributed by atoms with Gasteiger partial charge in [-0.05, 0) is 61.9 Å². The highest BCUT2D eigenvalue weighted by Gasteiger charge is 2.14. The summed E-state index contributed by atoms with van der Waals surface area (Å²) in [5.41, 5.74) is 6.15. The van der Waals surface area contributed by atoms with E-state index in [2.05, 4.69) is 33.8 Å². The lowest BCUT2D eigenvalue weighted by Crippen LogP contribution is -2.04. The second-order valence-electron chi connectivity index (χ2n) is 4.10. The van der Waals surface area contributed by atoms with Gasteiger partial charge in [0.25, 0.3) is 0 Å². The van der Waals surface area contributed by atoms with Crippen molar-refractivity contribution < 1.29 is 5.11 Å². The molecular formula is C13H20O. The van der Waals surface area contributed by atoms with Crippen LogP contribution in [0.2, 0.25) is 0 Å². The molecule has 0 bridgehead atoms. The van der Waals surface area contributed by atoms with Gasteiger partial charge < -0.3 is 5.11 Å². The van der Waals surface area contributed by atoms with Gasteiger partial charge >= 0.3 is 0 Å². The van der Waals surface area contributed by atoms with Gasteiger partial charge in [-0.15, -0.1) is 0 Å². The molecule has 0 aromatic heterocycles. The lowest BCUT2D eigenvalue weighted by Gasteiger charge is -2.19. The van der Waals surface area contributed by atoms with E-state index in [0.29, 0.717) is 0 Å². The number of rotatable bonds is 2. The van der Waals surface area contributed by atoms with Gasteiger partial charge in [0, 0.05) is 0 Å². The summed E-state index contributed by atoms with van der Waals surface area (Å²) in [5.74, 6) is 0. The maximum atomic E-state index is 9.94. The first-order chi connectivity index (χ1) is 6.49. The average Bonchev–Trinajstić information content (AvgIpc) is 2.15. The van der Waals surface area contributed by atoms with E-state index in [1.165, 1.54) is 22.3 Å². The van der Waals surface area contributed by atoms with E-state index in [4.69, 9.17) is 0 Å². The van der Waals surface area contributed by atoms with E-state index in [9.17, 15) is 5.11 Å². The second-order valence-corrected chi connectivity index (χ2v) is 4.10. The lowest BCUT2D eigenvalue weighted by molar-refractivity contribution is 0.172. The zero-order valence-corrected chi connectivity index (χ0v) is 9.81. The van der Waals surface area contributed by atoms with E-state index in [-0.39, 0.29) is 6.10 Å². The fraction of sp³-hybridized carbons (Fsp3) is 0.538. The number of hydrogen-bond acceptors (Lipinski definition) is 1. The van der Waals surface area contributed by atoms with Crippen molar-refractivity contribution in [2.75, 3.05) is 0 Å². The van der Waals surface area contributed by atoms with Crippen molar-refractivity contribution in [1.29, 1.82) is 0 Å². The molecule has 1 N–H and O–H groups in total. The van der Waals surface area contributed by atoms with Crippen LogP contribution in [0.5, 0.6) is 0 Å². The van der Waals surface area contributed by atoms with Gasteiger partial charge in [0.15, 0.2) is 0 Å². The van der Waals surface area contributed by atoms with Crippen LogP contribution in [0, 0.1) is 27.7 Å². The molecule has 1 unspecified atom stereocenters. The van der Waals surface area contributed by atoms with Gasteiger partial charge in [0.2, 0.25) is 0 Å². The van der Waals surface area contributed by atoms with Crippen molar-refractivity contribution in [2.45, 2.75) is 47.1 Å². The molecule has 1 heteroatoms. The Hall–Kier alpha value is -0.820. The van der Waals surface area contributed by atoms with Gasteiger partial charge in [-0.2, -0.15) is 0 Å². The van der Waals surface area contributed by atoms with Crippen LogP contribution in [0.25, 0.3) is 0 Å². The standard InChI is InChI=1S/C13H20O/c1-6-12(14)13-10(4)8(2)7-9(3)11(13)5/h7,12,14H,6H2,1-5H3. The topological polar surface area (TPSA) is 20.2 Å². The van der Waals surface area contributed by atoms with Crippen LogP contribution in [0.15, 0.2) is 6.07 Å². The van der Waals surface area contributed by atoms with E-state index in [0.717, 1.165) is 12.0 Å². The third-order valence-corrected chi connectivity index (χ3v) is 3.14. The Balaban J connectivity index is 3.39. The SMILES string of the molecule is CCC(O)c1c(C)c(C)cc(C)c1C. The molecule has 0 saturated carbocycles. The molecule has 0 saturated heterocycles. The number of benzene rings is 1. The molecule has 0 aliphatic rings. The predicted molar refractivity (Wildman–Crippen MR) is 60.6 cm³/mol. The normalized spacial score (nSPS) is 13.0. The van der Waals surface area contributed by atoms with E-state index in [1.54, 1.807) is 0 Å². The maximum absolute atomic E-state index is 9.94. The molecule has 0 amide bonds. The van der Waals surface area contributed by atoms with Crippen molar-refractivity contribution in [2.24, 2.45) is 0 Å². The summed E-state index contributed by atoms with van der Waals surface area (Å²) in [7, 11) is 0. The molecule has 0 radical (unpaired) electrons. The molecule has 1 rings (SSSR count). The summed E-state index contributed by atoms with van der Waals surface area (Å²) in [5, 5.41) is 9.94. The van der Waals surface area contributed by atoms with Gasteiger partial charge in [-0.3, -0.25) is 0 Å². The predicted octanol–water partition coefficient (Wildman–Crippen LogP) is 3.36. The molecular weight excluding hydrogens is 172 g/mol. The third kappa shape index (κ3) is 1.83. The van der Waals surface area contributed by atoms with Crippen molar-refractivity contribution >= 4 is 0 Å². The molecule has 1 aromatic carbocycles. The van der Waals surface area contributed by atoms with Crippen LogP contribution in [-0.2, 0) is 0 Å². The molecule has 0 aliphatic heterocycles. The largest absolute Gasteiger partial charge is 0.388 e. The number of aryl methyl sites for hydroxylation is 2. The summed E-state index contributed by atoms with van der Waals surface area (Å²) < 4.78 is 0. The van der Waals surface area contributed by atoms with E-state index in [1.807, 2.05) is 6.92 Å². The highest BCUT2D eigenvalue weighted by atomic mass is 16.3. The van der Waals surface area contributed by atoms with Crippen molar-refractivity contribution in [3.63, 3.8) is 0 Å². The fourth-order valence-electron chi connectivity index (χ4n) is 1.95. The zero-order chi connectivity index (χ0) is 10.9. The van der Waals surface area contributed by atoms with Gasteiger partial charge in [-0.25, -0.2) is 0 Å². The molecule has 1 aromatic rings. The van der Waals surface area contributed by atoms with Crippen LogP contribution in [0.4, 0.5) is 0 Å². The van der Waals surface area contributed by atoms with Crippen molar-refractivity contribution in [3.8, 4) is 0 Å². The van der Waals surface area contributed by atoms with E-state index < -0.39 is 0 Å².